The summed E-state index contributed by atoms with van der Waals surface area (Å²) in [4.78, 5) is 35.2. The Labute approximate surface area is 97.4 Å². The molecule has 2 rings (SSSR count). The molecule has 6 heteroatoms. The minimum absolute atomic E-state index is 0.291. The van der Waals surface area contributed by atoms with Crippen LogP contribution in [0.25, 0.3) is 0 Å². The van der Waals surface area contributed by atoms with Crippen LogP contribution in [0.15, 0.2) is 24.3 Å². The number of primary amides is 1. The van der Waals surface area contributed by atoms with E-state index in [1.807, 2.05) is 0 Å². The second kappa shape index (κ2) is 3.89. The molecule has 0 spiro atoms. The number of hydrogen-bond donors (Lipinski definition) is 2. The summed E-state index contributed by atoms with van der Waals surface area (Å²) in [6.07, 6.45) is 0. The molecule has 1 aliphatic rings. The number of rotatable bonds is 1. The largest absolute Gasteiger partial charge is 0.361 e. The van der Waals surface area contributed by atoms with Crippen LogP contribution in [0, 0.1) is 0 Å². The van der Waals surface area contributed by atoms with Crippen LogP contribution in [0.1, 0.15) is 11.6 Å². The van der Waals surface area contributed by atoms with Gasteiger partial charge in [0, 0.05) is 18.3 Å². The van der Waals surface area contributed by atoms with Crippen LogP contribution in [0.5, 0.6) is 0 Å². The van der Waals surface area contributed by atoms with Gasteiger partial charge in [-0.3, -0.25) is 14.4 Å². The van der Waals surface area contributed by atoms with Gasteiger partial charge < -0.3 is 16.0 Å². The van der Waals surface area contributed by atoms with E-state index in [1.54, 1.807) is 31.3 Å². The van der Waals surface area contributed by atoms with Gasteiger partial charge >= 0.3 is 11.8 Å². The number of fused-ring (bicyclic) bond motifs is 1. The Kier molecular flexibility index (Phi) is 2.55. The van der Waals surface area contributed by atoms with Crippen molar-refractivity contribution in [2.75, 3.05) is 11.9 Å². The van der Waals surface area contributed by atoms with Crippen molar-refractivity contribution in [2.45, 2.75) is 6.04 Å². The quantitative estimate of drug-likeness (QED) is 0.628. The molecule has 0 saturated heterocycles. The molecule has 3 N–H and O–H groups in total. The SMILES string of the molecule is CN1C(=O)C(NC(=O)C(N)=O)c2ccccc21. The van der Waals surface area contributed by atoms with Crippen LogP contribution in [0.2, 0.25) is 0 Å². The number of anilines is 1. The number of nitrogens with zero attached hydrogens (tertiary/aromatic N) is 1. The molecule has 0 saturated carbocycles. The normalized spacial score (nSPS) is 17.8. The summed E-state index contributed by atoms with van der Waals surface area (Å²) in [5, 5.41) is 2.31. The number of carbonyl (C=O) groups excluding carboxylic acids is 3. The number of nitrogens with two attached hydrogens (primary N) is 1. The minimum atomic E-state index is -1.11. The van der Waals surface area contributed by atoms with Crippen molar-refractivity contribution < 1.29 is 14.4 Å². The molecule has 88 valence electrons. The zero-order valence-electron chi connectivity index (χ0n) is 9.14. The average Bonchev–Trinajstić information content (AvgIpc) is 2.55. The van der Waals surface area contributed by atoms with Gasteiger partial charge in [0.2, 0.25) is 0 Å². The van der Waals surface area contributed by atoms with Gasteiger partial charge in [-0.25, -0.2) is 0 Å². The highest BCUT2D eigenvalue weighted by molar-refractivity contribution is 6.35. The summed E-state index contributed by atoms with van der Waals surface area (Å²) in [7, 11) is 1.61. The van der Waals surface area contributed by atoms with Crippen LogP contribution < -0.4 is 16.0 Å². The Bertz CT molecular complexity index is 512. The smallest absolute Gasteiger partial charge is 0.309 e. The van der Waals surface area contributed by atoms with Crippen LogP contribution in [-0.4, -0.2) is 24.8 Å². The van der Waals surface area contributed by atoms with E-state index in [9.17, 15) is 14.4 Å². The Morgan fingerprint density at radius 2 is 2.00 bits per heavy atom. The zero-order valence-corrected chi connectivity index (χ0v) is 9.14. The lowest BCUT2D eigenvalue weighted by Gasteiger charge is -2.11. The zero-order chi connectivity index (χ0) is 12.6. The number of hydrogen-bond acceptors (Lipinski definition) is 3. The van der Waals surface area contributed by atoms with Crippen LogP contribution in [-0.2, 0) is 14.4 Å². The van der Waals surface area contributed by atoms with Crippen molar-refractivity contribution in [3.8, 4) is 0 Å². The molecular weight excluding hydrogens is 222 g/mol. The molecule has 1 atom stereocenters. The van der Waals surface area contributed by atoms with E-state index < -0.39 is 17.9 Å². The molecule has 6 nitrogen and oxygen atoms in total. The molecule has 0 aliphatic carbocycles. The highest BCUT2D eigenvalue weighted by Gasteiger charge is 2.36. The first-order valence-electron chi connectivity index (χ1n) is 4.99. The molecular formula is C11H11N3O3. The fourth-order valence-electron chi connectivity index (χ4n) is 1.82. The summed E-state index contributed by atoms with van der Waals surface area (Å²) in [6, 6.07) is 6.21. The third-order valence-corrected chi connectivity index (χ3v) is 2.69. The van der Waals surface area contributed by atoms with Gasteiger partial charge in [-0.2, -0.15) is 0 Å². The monoisotopic (exact) mass is 233 g/mol. The van der Waals surface area contributed by atoms with Crippen molar-refractivity contribution >= 4 is 23.4 Å². The van der Waals surface area contributed by atoms with Crippen molar-refractivity contribution in [1.82, 2.24) is 5.32 Å². The summed E-state index contributed by atoms with van der Waals surface area (Å²) < 4.78 is 0. The molecule has 1 aromatic carbocycles. The summed E-state index contributed by atoms with van der Waals surface area (Å²) in [6.45, 7) is 0. The van der Waals surface area contributed by atoms with Crippen molar-refractivity contribution in [3.05, 3.63) is 29.8 Å². The predicted molar refractivity (Wildman–Crippen MR) is 59.9 cm³/mol. The summed E-state index contributed by atoms with van der Waals surface area (Å²) in [5.74, 6) is -2.36. The number of amides is 3. The molecule has 0 aromatic heterocycles. The first kappa shape index (κ1) is 11.1. The van der Waals surface area contributed by atoms with Crippen LogP contribution in [0.3, 0.4) is 0 Å². The Morgan fingerprint density at radius 1 is 1.35 bits per heavy atom. The maximum Gasteiger partial charge on any atom is 0.309 e. The van der Waals surface area contributed by atoms with Gasteiger partial charge in [0.15, 0.2) is 0 Å². The van der Waals surface area contributed by atoms with Gasteiger partial charge in [0.25, 0.3) is 5.91 Å². The second-order valence-electron chi connectivity index (χ2n) is 3.73. The lowest BCUT2D eigenvalue weighted by Crippen LogP contribution is -2.41. The number of likely N-dealkylation sites (N-methyl/N-ethyl adjacent to an activating group) is 1. The molecule has 0 fully saturated rings. The van der Waals surface area contributed by atoms with Crippen molar-refractivity contribution in [2.24, 2.45) is 5.73 Å². The molecule has 1 unspecified atom stereocenters. The predicted octanol–water partition coefficient (Wildman–Crippen LogP) is -0.694. The fraction of sp³-hybridized carbons (Fsp3) is 0.182. The number of carbonyl (C=O) groups is 3. The lowest BCUT2D eigenvalue weighted by atomic mass is 10.1. The standard InChI is InChI=1S/C11H11N3O3/c1-14-7-5-3-2-4-6(7)8(11(14)17)13-10(16)9(12)15/h2-5,8H,1H3,(H2,12,15)(H,13,16). The van der Waals surface area contributed by atoms with E-state index in [1.165, 1.54) is 4.90 Å². The van der Waals surface area contributed by atoms with E-state index in [2.05, 4.69) is 5.32 Å². The first-order chi connectivity index (χ1) is 8.02. The highest BCUT2D eigenvalue weighted by Crippen LogP contribution is 2.34. The second-order valence-corrected chi connectivity index (χ2v) is 3.73. The van der Waals surface area contributed by atoms with Gasteiger partial charge in [-0.1, -0.05) is 18.2 Å². The molecule has 1 heterocycles. The van der Waals surface area contributed by atoms with Gasteiger partial charge in [0.1, 0.15) is 6.04 Å². The molecule has 1 aliphatic heterocycles. The maximum absolute atomic E-state index is 11.9. The van der Waals surface area contributed by atoms with Gasteiger partial charge in [-0.15, -0.1) is 0 Å². The third-order valence-electron chi connectivity index (χ3n) is 2.69. The topological polar surface area (TPSA) is 92.5 Å². The lowest BCUT2D eigenvalue weighted by molar-refractivity contribution is -0.138. The summed E-state index contributed by atoms with van der Waals surface area (Å²) >= 11 is 0. The van der Waals surface area contributed by atoms with Crippen molar-refractivity contribution in [1.29, 1.82) is 0 Å². The first-order valence-corrected chi connectivity index (χ1v) is 4.99. The van der Waals surface area contributed by atoms with E-state index in [0.717, 1.165) is 0 Å². The molecule has 0 radical (unpaired) electrons. The molecule has 0 bridgehead atoms. The van der Waals surface area contributed by atoms with Crippen LogP contribution in [0.4, 0.5) is 5.69 Å². The highest BCUT2D eigenvalue weighted by atomic mass is 16.2. The van der Waals surface area contributed by atoms with Crippen LogP contribution >= 0.6 is 0 Å². The van der Waals surface area contributed by atoms with Gasteiger partial charge in [0.05, 0.1) is 0 Å². The van der Waals surface area contributed by atoms with E-state index in [-0.39, 0.29) is 5.91 Å². The summed E-state index contributed by atoms with van der Waals surface area (Å²) in [5.41, 5.74) is 6.22. The maximum atomic E-state index is 11.9. The van der Waals surface area contributed by atoms with Gasteiger partial charge in [-0.05, 0) is 6.07 Å². The number of para-hydroxylation sites is 1. The average molecular weight is 233 g/mol. The molecule has 17 heavy (non-hydrogen) atoms. The van der Waals surface area contributed by atoms with E-state index in [4.69, 9.17) is 5.73 Å². The Morgan fingerprint density at radius 3 is 2.65 bits per heavy atom. The van der Waals surface area contributed by atoms with E-state index in [0.29, 0.717) is 11.3 Å². The number of benzene rings is 1. The molecule has 1 aromatic rings. The van der Waals surface area contributed by atoms with E-state index >= 15 is 0 Å². The third kappa shape index (κ3) is 1.73. The van der Waals surface area contributed by atoms with Crippen molar-refractivity contribution in [3.63, 3.8) is 0 Å². The Hall–Kier alpha value is -2.37. The minimum Gasteiger partial charge on any atom is -0.361 e. The fourth-order valence-corrected chi connectivity index (χ4v) is 1.82. The number of nitrogens with one attached hydrogen (secondary N) is 1. The Balaban J connectivity index is 2.33. The molecule has 3 amide bonds.